The Kier molecular flexibility index (Phi) is 3.07. The first-order valence-corrected chi connectivity index (χ1v) is 6.54. The van der Waals surface area contributed by atoms with Crippen LogP contribution in [0.1, 0.15) is 18.9 Å². The lowest BCUT2D eigenvalue weighted by molar-refractivity contribution is 0.143. The molecule has 0 aliphatic heterocycles. The minimum absolute atomic E-state index is 0.0971. The Morgan fingerprint density at radius 2 is 2.15 bits per heavy atom. The van der Waals surface area contributed by atoms with E-state index in [0.717, 1.165) is 12.8 Å². The minimum Gasteiger partial charge on any atom is -0.449 e. The molecule has 104 valence electrons. The molecule has 2 aromatic rings. The van der Waals surface area contributed by atoms with Crippen molar-refractivity contribution < 1.29 is 14.6 Å². The third-order valence-electron chi connectivity index (χ3n) is 3.07. The Morgan fingerprint density at radius 1 is 1.45 bits per heavy atom. The summed E-state index contributed by atoms with van der Waals surface area (Å²) in [6, 6.07) is 0.158. The molecule has 8 heteroatoms. The predicted molar refractivity (Wildman–Crippen MR) is 72.9 cm³/mol. The molecule has 1 saturated carbocycles. The molecular formula is C12H8Cl2N2O4. The molecule has 0 saturated heterocycles. The fourth-order valence-electron chi connectivity index (χ4n) is 2.06. The normalized spacial score (nSPS) is 14.5. The van der Waals surface area contributed by atoms with Gasteiger partial charge >= 0.3 is 6.16 Å². The maximum absolute atomic E-state index is 12.2. The molecule has 0 spiro atoms. The summed E-state index contributed by atoms with van der Waals surface area (Å²) in [5, 5.41) is 9.13. The molecule has 0 atom stereocenters. The summed E-state index contributed by atoms with van der Waals surface area (Å²) in [5.41, 5.74) is -0.123. The van der Waals surface area contributed by atoms with Crippen LogP contribution in [0.15, 0.2) is 17.2 Å². The topological polar surface area (TPSA) is 81.4 Å². The largest absolute Gasteiger partial charge is 0.511 e. The van der Waals surface area contributed by atoms with E-state index in [1.807, 2.05) is 0 Å². The summed E-state index contributed by atoms with van der Waals surface area (Å²) in [6.45, 7) is 0. The number of ether oxygens (including phenoxy) is 1. The first-order chi connectivity index (χ1) is 9.49. The van der Waals surface area contributed by atoms with Crippen LogP contribution in [0.2, 0.25) is 10.2 Å². The number of fused-ring (bicyclic) bond motifs is 1. The monoisotopic (exact) mass is 314 g/mol. The van der Waals surface area contributed by atoms with Gasteiger partial charge in [-0.15, -0.1) is 0 Å². The highest BCUT2D eigenvalue weighted by atomic mass is 35.5. The van der Waals surface area contributed by atoms with Gasteiger partial charge in [-0.1, -0.05) is 23.2 Å². The maximum atomic E-state index is 12.2. The van der Waals surface area contributed by atoms with Gasteiger partial charge < -0.3 is 14.4 Å². The summed E-state index contributed by atoms with van der Waals surface area (Å²) in [6.07, 6.45) is 2.93. The van der Waals surface area contributed by atoms with Gasteiger partial charge in [-0.25, -0.2) is 9.78 Å². The predicted octanol–water partition coefficient (Wildman–Crippen LogP) is 3.10. The van der Waals surface area contributed by atoms with Gasteiger partial charge in [0.2, 0.25) is 5.43 Å². The summed E-state index contributed by atoms with van der Waals surface area (Å²) in [4.78, 5) is 26.6. The lowest BCUT2D eigenvalue weighted by Crippen LogP contribution is -2.16. The summed E-state index contributed by atoms with van der Waals surface area (Å²) >= 11 is 12.0. The summed E-state index contributed by atoms with van der Waals surface area (Å²) in [7, 11) is 0. The molecular weight excluding hydrogens is 307 g/mol. The molecule has 0 unspecified atom stereocenters. The van der Waals surface area contributed by atoms with Crippen molar-refractivity contribution in [3.8, 4) is 5.75 Å². The number of carbonyl (C=O) groups is 1. The van der Waals surface area contributed by atoms with Crippen LogP contribution in [0.4, 0.5) is 4.79 Å². The van der Waals surface area contributed by atoms with Gasteiger partial charge in [0.05, 0.1) is 17.1 Å². The Bertz CT molecular complexity index is 783. The summed E-state index contributed by atoms with van der Waals surface area (Å²) < 4.78 is 6.25. The molecule has 0 radical (unpaired) electrons. The van der Waals surface area contributed by atoms with Crippen LogP contribution in [0.25, 0.3) is 10.9 Å². The van der Waals surface area contributed by atoms with Crippen molar-refractivity contribution in [1.29, 1.82) is 0 Å². The van der Waals surface area contributed by atoms with Gasteiger partial charge in [-0.3, -0.25) is 4.79 Å². The molecule has 1 fully saturated rings. The van der Waals surface area contributed by atoms with E-state index < -0.39 is 11.6 Å². The molecule has 2 aromatic heterocycles. The van der Waals surface area contributed by atoms with E-state index in [4.69, 9.17) is 28.3 Å². The molecule has 20 heavy (non-hydrogen) atoms. The van der Waals surface area contributed by atoms with E-state index in [1.165, 1.54) is 12.4 Å². The van der Waals surface area contributed by atoms with Crippen molar-refractivity contribution in [3.63, 3.8) is 0 Å². The summed E-state index contributed by atoms with van der Waals surface area (Å²) in [5.74, 6) is -0.267. The van der Waals surface area contributed by atoms with E-state index in [1.54, 1.807) is 4.57 Å². The molecule has 1 N–H and O–H groups in total. The zero-order chi connectivity index (χ0) is 14.4. The second-order valence-electron chi connectivity index (χ2n) is 4.45. The fourth-order valence-corrected chi connectivity index (χ4v) is 2.45. The highest BCUT2D eigenvalue weighted by Crippen LogP contribution is 2.40. The number of carboxylic acid groups (broad SMARTS) is 1. The van der Waals surface area contributed by atoms with Crippen LogP contribution in [-0.2, 0) is 0 Å². The minimum atomic E-state index is -1.54. The Hall–Kier alpha value is -1.79. The Balaban J connectivity index is 2.36. The van der Waals surface area contributed by atoms with Crippen LogP contribution in [0, 0.1) is 0 Å². The van der Waals surface area contributed by atoms with Crippen molar-refractivity contribution in [2.45, 2.75) is 18.9 Å². The van der Waals surface area contributed by atoms with Gasteiger partial charge in [0.25, 0.3) is 0 Å². The van der Waals surface area contributed by atoms with Gasteiger partial charge in [0.1, 0.15) is 10.2 Å². The zero-order valence-electron chi connectivity index (χ0n) is 9.97. The van der Waals surface area contributed by atoms with Crippen LogP contribution < -0.4 is 10.2 Å². The van der Waals surface area contributed by atoms with Crippen molar-refractivity contribution >= 4 is 40.3 Å². The van der Waals surface area contributed by atoms with Crippen molar-refractivity contribution in [2.75, 3.05) is 0 Å². The van der Waals surface area contributed by atoms with Crippen molar-refractivity contribution in [2.24, 2.45) is 0 Å². The standard InChI is InChI=1S/C12H8Cl2N2O4/c13-8-9-6(3-15-11(8)14)10(17)7(20-12(18)19)4-16(9)5-1-2-5/h3-5H,1-2H2,(H,18,19). The van der Waals surface area contributed by atoms with Crippen molar-refractivity contribution in [1.82, 2.24) is 9.55 Å². The van der Waals surface area contributed by atoms with Crippen LogP contribution in [-0.4, -0.2) is 20.8 Å². The van der Waals surface area contributed by atoms with Crippen molar-refractivity contribution in [3.05, 3.63) is 32.8 Å². The van der Waals surface area contributed by atoms with Crippen LogP contribution in [0.5, 0.6) is 5.75 Å². The Morgan fingerprint density at radius 3 is 2.75 bits per heavy atom. The van der Waals surface area contributed by atoms with E-state index in [-0.39, 0.29) is 27.4 Å². The molecule has 0 amide bonds. The lowest BCUT2D eigenvalue weighted by Gasteiger charge is -2.13. The molecule has 1 aliphatic rings. The van der Waals surface area contributed by atoms with Gasteiger partial charge in [0, 0.05) is 12.2 Å². The molecule has 6 nitrogen and oxygen atoms in total. The highest BCUT2D eigenvalue weighted by Gasteiger charge is 2.28. The molecule has 1 aliphatic carbocycles. The molecule has 0 aromatic carbocycles. The smallest absolute Gasteiger partial charge is 0.449 e. The van der Waals surface area contributed by atoms with E-state index in [9.17, 15) is 9.59 Å². The van der Waals surface area contributed by atoms with E-state index in [0.29, 0.717) is 5.52 Å². The third-order valence-corrected chi connectivity index (χ3v) is 3.81. The molecule has 2 heterocycles. The van der Waals surface area contributed by atoms with Gasteiger partial charge in [-0.2, -0.15) is 0 Å². The number of aromatic nitrogens is 2. The second kappa shape index (κ2) is 4.64. The third kappa shape index (κ3) is 2.10. The average Bonchev–Trinajstić information content (AvgIpc) is 3.20. The SMILES string of the molecule is O=C(O)Oc1cn(C2CC2)c2c(Cl)c(Cl)ncc2c1=O. The number of halogens is 2. The van der Waals surface area contributed by atoms with Crippen LogP contribution in [0.3, 0.4) is 0 Å². The molecule has 3 rings (SSSR count). The van der Waals surface area contributed by atoms with Crippen LogP contribution >= 0.6 is 23.2 Å². The lowest BCUT2D eigenvalue weighted by atomic mass is 10.2. The quantitative estimate of drug-likeness (QED) is 0.680. The average molecular weight is 315 g/mol. The Labute approximate surface area is 122 Å². The number of hydrogen-bond donors (Lipinski definition) is 1. The molecule has 0 bridgehead atoms. The number of rotatable bonds is 2. The first kappa shape index (κ1) is 13.2. The number of nitrogens with zero attached hydrogens (tertiary/aromatic N) is 2. The maximum Gasteiger partial charge on any atom is 0.511 e. The number of pyridine rings is 2. The highest BCUT2D eigenvalue weighted by molar-refractivity contribution is 6.44. The van der Waals surface area contributed by atoms with E-state index in [2.05, 4.69) is 9.72 Å². The number of hydrogen-bond acceptors (Lipinski definition) is 4. The van der Waals surface area contributed by atoms with E-state index >= 15 is 0 Å². The second-order valence-corrected chi connectivity index (χ2v) is 5.19. The first-order valence-electron chi connectivity index (χ1n) is 5.78. The fraction of sp³-hybridized carbons (Fsp3) is 0.250. The van der Waals surface area contributed by atoms with Gasteiger partial charge in [0.15, 0.2) is 5.75 Å². The van der Waals surface area contributed by atoms with Gasteiger partial charge in [-0.05, 0) is 12.8 Å². The zero-order valence-corrected chi connectivity index (χ0v) is 11.5.